The molecule has 0 atom stereocenters. The molecule has 1 aliphatic carbocycles. The Morgan fingerprint density at radius 3 is 2.28 bits per heavy atom. The van der Waals surface area contributed by atoms with Crippen LogP contribution in [-0.2, 0) is 0 Å². The molecule has 0 aliphatic heterocycles. The Kier molecular flexibility index (Phi) is 6.21. The van der Waals surface area contributed by atoms with Crippen molar-refractivity contribution in [2.45, 2.75) is 13.3 Å². The zero-order valence-corrected chi connectivity index (χ0v) is 15.2. The van der Waals surface area contributed by atoms with E-state index in [1.54, 1.807) is 0 Å². The Bertz CT molecular complexity index is 800. The largest absolute Gasteiger partial charge is 0.341 e. The van der Waals surface area contributed by atoms with E-state index in [1.807, 2.05) is 24.3 Å². The van der Waals surface area contributed by atoms with Crippen LogP contribution in [0.2, 0.25) is 0 Å². The molecule has 2 aromatic carbocycles. The van der Waals surface area contributed by atoms with Gasteiger partial charge in [0.05, 0.1) is 13.6 Å². The molecule has 0 amide bonds. The van der Waals surface area contributed by atoms with E-state index in [0.29, 0.717) is 0 Å². The zero-order chi connectivity index (χ0) is 17.3. The van der Waals surface area contributed by atoms with Gasteiger partial charge >= 0.3 is 0 Å². The quantitative estimate of drug-likeness (QED) is 0.378. The summed E-state index contributed by atoms with van der Waals surface area (Å²) in [5.74, 6) is 7.29. The van der Waals surface area contributed by atoms with E-state index in [1.165, 1.54) is 10.6 Å². The maximum Gasteiger partial charge on any atom is 0.140 e. The second kappa shape index (κ2) is 9.02. The third kappa shape index (κ3) is 4.69. The van der Waals surface area contributed by atoms with Gasteiger partial charge in [0.15, 0.2) is 0 Å². The predicted octanol–water partition coefficient (Wildman–Crippen LogP) is 3.93. The molecule has 3 rings (SSSR count). The molecule has 0 radical (unpaired) electrons. The molecule has 1 aliphatic rings. The van der Waals surface area contributed by atoms with Crippen molar-refractivity contribution in [3.8, 4) is 11.8 Å². The summed E-state index contributed by atoms with van der Waals surface area (Å²) in [6, 6.07) is 21.1. The molecule has 2 aromatic rings. The Hall–Kier alpha value is -2.62. The van der Waals surface area contributed by atoms with Gasteiger partial charge in [-0.2, -0.15) is 0 Å². The highest BCUT2D eigenvalue weighted by Gasteiger charge is 2.17. The van der Waals surface area contributed by atoms with Crippen molar-refractivity contribution in [2.24, 2.45) is 4.99 Å². The van der Waals surface area contributed by atoms with Crippen LogP contribution in [0.3, 0.4) is 0 Å². The second-order valence-corrected chi connectivity index (χ2v) is 7.38. The highest BCUT2D eigenvalue weighted by Crippen LogP contribution is 2.29. The Morgan fingerprint density at radius 1 is 1.04 bits per heavy atom. The molecule has 3 heteroatoms. The maximum atomic E-state index is 4.70. The number of benzene rings is 2. The summed E-state index contributed by atoms with van der Waals surface area (Å²) < 4.78 is 0. The van der Waals surface area contributed by atoms with Crippen molar-refractivity contribution in [3.63, 3.8) is 0 Å². The van der Waals surface area contributed by atoms with Crippen LogP contribution in [0.15, 0.2) is 89.5 Å². The normalized spacial score (nSPS) is 13.7. The summed E-state index contributed by atoms with van der Waals surface area (Å²) in [7, 11) is -0.749. The first-order valence-electron chi connectivity index (χ1n) is 8.46. The maximum absolute atomic E-state index is 4.70. The van der Waals surface area contributed by atoms with Crippen molar-refractivity contribution in [2.75, 3.05) is 6.54 Å². The van der Waals surface area contributed by atoms with Crippen LogP contribution in [0.5, 0.6) is 0 Å². The molecule has 0 spiro atoms. The van der Waals surface area contributed by atoms with Gasteiger partial charge in [0, 0.05) is 23.6 Å². The van der Waals surface area contributed by atoms with Gasteiger partial charge in [-0.1, -0.05) is 84.7 Å². The first kappa shape index (κ1) is 17.2. The molecule has 2 nitrogen and oxygen atoms in total. The minimum atomic E-state index is -0.749. The fraction of sp³-hybridized carbons (Fsp3) is 0.136. The van der Waals surface area contributed by atoms with Crippen LogP contribution in [0.25, 0.3) is 0 Å². The Morgan fingerprint density at radius 2 is 1.68 bits per heavy atom. The van der Waals surface area contributed by atoms with Gasteiger partial charge in [-0.05, 0) is 13.0 Å². The van der Waals surface area contributed by atoms with E-state index < -0.39 is 8.07 Å². The van der Waals surface area contributed by atoms with Gasteiger partial charge in [-0.3, -0.25) is 4.99 Å². The molecule has 25 heavy (non-hydrogen) atoms. The number of amidine groups is 1. The summed E-state index contributed by atoms with van der Waals surface area (Å²) in [5.41, 5.74) is 0.954. The van der Waals surface area contributed by atoms with Gasteiger partial charge in [0.2, 0.25) is 0 Å². The lowest BCUT2D eigenvalue weighted by Crippen LogP contribution is -2.29. The molecule has 0 bridgehead atoms. The summed E-state index contributed by atoms with van der Waals surface area (Å²) in [6.45, 7) is 2.77. The van der Waals surface area contributed by atoms with Crippen LogP contribution in [0.1, 0.15) is 13.3 Å². The number of allylic oxidation sites excluding steroid dienone is 3. The fourth-order valence-corrected chi connectivity index (χ4v) is 4.39. The van der Waals surface area contributed by atoms with Crippen molar-refractivity contribution < 1.29 is 0 Å². The number of hydrogen-bond acceptors (Lipinski definition) is 1. The summed E-state index contributed by atoms with van der Waals surface area (Å²) >= 11 is 0. The second-order valence-electron chi connectivity index (χ2n) is 5.46. The lowest BCUT2D eigenvalue weighted by Gasteiger charge is -2.22. The molecule has 0 aromatic heterocycles. The molecule has 0 saturated heterocycles. The average molecular weight is 344 g/mol. The number of rotatable bonds is 5. The van der Waals surface area contributed by atoms with E-state index in [4.69, 9.17) is 4.99 Å². The van der Waals surface area contributed by atoms with E-state index in [2.05, 4.69) is 78.5 Å². The Balaban J connectivity index is 1.98. The molecule has 124 valence electrons. The third-order valence-electron chi connectivity index (χ3n) is 3.66. The van der Waals surface area contributed by atoms with Crippen LogP contribution in [0, 0.1) is 11.8 Å². The lowest BCUT2D eigenvalue weighted by atomic mass is 10.2. The number of nitrogens with one attached hydrogen (secondary N) is 1. The molecule has 0 unspecified atom stereocenters. The van der Waals surface area contributed by atoms with Crippen LogP contribution >= 0.6 is 8.07 Å². The van der Waals surface area contributed by atoms with Crippen molar-refractivity contribution in [3.05, 3.63) is 84.5 Å². The predicted molar refractivity (Wildman–Crippen MR) is 110 cm³/mol. The highest BCUT2D eigenvalue weighted by molar-refractivity contribution is 7.71. The van der Waals surface area contributed by atoms with Gasteiger partial charge in [-0.25, -0.2) is 0 Å². The van der Waals surface area contributed by atoms with Crippen molar-refractivity contribution >= 4 is 24.5 Å². The van der Waals surface area contributed by atoms with E-state index in [9.17, 15) is 0 Å². The molecule has 1 N–H and O–H groups in total. The minimum absolute atomic E-state index is 0.720. The topological polar surface area (TPSA) is 24.4 Å². The first-order valence-corrected chi connectivity index (χ1v) is 9.80. The van der Waals surface area contributed by atoms with Gasteiger partial charge < -0.3 is 5.09 Å². The highest BCUT2D eigenvalue weighted by atomic mass is 31.1. The third-order valence-corrected chi connectivity index (χ3v) is 5.72. The smallest absolute Gasteiger partial charge is 0.140 e. The summed E-state index contributed by atoms with van der Waals surface area (Å²) in [5, 5.41) is 6.23. The molecular formula is C22H21N2P. The van der Waals surface area contributed by atoms with Gasteiger partial charge in [0.25, 0.3) is 0 Å². The fourth-order valence-electron chi connectivity index (χ4n) is 2.49. The van der Waals surface area contributed by atoms with E-state index in [0.717, 1.165) is 24.4 Å². The number of nitrogens with zero attached hydrogens (tertiary/aromatic N) is 1. The summed E-state index contributed by atoms with van der Waals surface area (Å²) in [4.78, 5) is 4.70. The van der Waals surface area contributed by atoms with Gasteiger partial charge in [-0.15, -0.1) is 0 Å². The van der Waals surface area contributed by atoms with E-state index in [-0.39, 0.29) is 0 Å². The lowest BCUT2D eigenvalue weighted by molar-refractivity contribution is 1.11. The number of aliphatic imine (C=N–C) groups is 1. The van der Waals surface area contributed by atoms with Gasteiger partial charge in [0.1, 0.15) is 5.84 Å². The summed E-state index contributed by atoms with van der Waals surface area (Å²) in [6.07, 6.45) is 6.94. The zero-order valence-electron chi connectivity index (χ0n) is 14.3. The Labute approximate surface area is 151 Å². The van der Waals surface area contributed by atoms with Crippen LogP contribution in [0.4, 0.5) is 0 Å². The monoisotopic (exact) mass is 344 g/mol. The van der Waals surface area contributed by atoms with Crippen LogP contribution < -0.4 is 15.7 Å². The van der Waals surface area contributed by atoms with Crippen molar-refractivity contribution in [1.29, 1.82) is 0 Å². The molecule has 0 fully saturated rings. The first-order chi connectivity index (χ1) is 12.4. The average Bonchev–Trinajstić information content (AvgIpc) is 2.96. The van der Waals surface area contributed by atoms with Crippen molar-refractivity contribution in [1.82, 2.24) is 5.09 Å². The SMILES string of the molecule is CCN=C(NP(c1ccccc1)c1ccccc1)C1=CC=CCC#C1. The molecule has 0 heterocycles. The minimum Gasteiger partial charge on any atom is -0.341 e. The van der Waals surface area contributed by atoms with E-state index >= 15 is 0 Å². The molecule has 0 saturated carbocycles. The molecular weight excluding hydrogens is 323 g/mol. The number of hydrogen-bond donors (Lipinski definition) is 1. The van der Waals surface area contributed by atoms with Crippen LogP contribution in [-0.4, -0.2) is 12.4 Å². The standard InChI is InChI=1S/C22H21N2P/c1-2-23-22(19-13-7-3-4-8-14-19)24-25(20-15-9-5-10-16-20)21-17-11-6-12-18-21/h3,5-7,9-13,15-18H,2,4H2,1H3,(H,23,24).